The molecule has 0 rings (SSSR count). The van der Waals surface area contributed by atoms with Crippen LogP contribution in [0.5, 0.6) is 0 Å². The maximum atomic E-state index is 3.80. The smallest absolute Gasteiger partial charge is 0.00893 e. The highest BCUT2D eigenvalue weighted by Gasteiger charge is 2.05. The van der Waals surface area contributed by atoms with Gasteiger partial charge in [0.25, 0.3) is 0 Å². The molecule has 0 amide bonds. The Morgan fingerprint density at radius 2 is 1.12 bits per heavy atom. The Balaban J connectivity index is 0. The van der Waals surface area contributed by atoms with E-state index in [0.29, 0.717) is 0 Å². The molecule has 0 fully saturated rings. The second-order valence-corrected chi connectivity index (χ2v) is 8.27. The van der Waals surface area contributed by atoms with Crippen LogP contribution in [0.25, 0.3) is 0 Å². The van der Waals surface area contributed by atoms with Crippen molar-refractivity contribution >= 4 is 11.9 Å². The van der Waals surface area contributed by atoms with E-state index in [1.54, 1.807) is 0 Å². The summed E-state index contributed by atoms with van der Waals surface area (Å²) in [5.74, 6) is 1.32. The van der Waals surface area contributed by atoms with E-state index in [2.05, 4.69) is 36.7 Å². The van der Waals surface area contributed by atoms with E-state index in [0.717, 1.165) is 0 Å². The van der Waals surface area contributed by atoms with Crippen LogP contribution in [0.4, 0.5) is 0 Å². The predicted octanol–water partition coefficient (Wildman–Crippen LogP) is 9.04. The van der Waals surface area contributed by atoms with Crippen LogP contribution in [0.3, 0.4) is 0 Å². The van der Waals surface area contributed by atoms with Crippen molar-refractivity contribution in [3.8, 4) is 0 Å². The van der Waals surface area contributed by atoms with Gasteiger partial charge in [0.05, 0.1) is 0 Å². The third-order valence-electron chi connectivity index (χ3n) is 4.60. The minimum atomic E-state index is 1.19. The third-order valence-corrected chi connectivity index (χ3v) is 5.80. The van der Waals surface area contributed by atoms with Gasteiger partial charge < -0.3 is 0 Å². The van der Waals surface area contributed by atoms with E-state index in [9.17, 15) is 0 Å². The van der Waals surface area contributed by atoms with E-state index < -0.39 is 0 Å². The van der Waals surface area contributed by atoms with Gasteiger partial charge in [0.2, 0.25) is 0 Å². The summed E-state index contributed by atoms with van der Waals surface area (Å²) in [7, 11) is 0. The minimum absolute atomic E-state index is 1.19. The molecule has 0 spiro atoms. The molecule has 0 aromatic heterocycles. The van der Waals surface area contributed by atoms with Gasteiger partial charge in [-0.2, -0.15) is 0 Å². The number of allylic oxidation sites excluding steroid dienone is 1. The molecule has 0 saturated carbocycles. The van der Waals surface area contributed by atoms with Gasteiger partial charge in [-0.3, -0.25) is 4.31 Å². The van der Waals surface area contributed by atoms with Gasteiger partial charge in [0.1, 0.15) is 0 Å². The number of nitrogens with zero attached hydrogens (tertiary/aromatic N) is 1. The fourth-order valence-corrected chi connectivity index (χ4v) is 4.07. The van der Waals surface area contributed by atoms with Crippen LogP contribution >= 0.6 is 11.9 Å². The first-order valence-electron chi connectivity index (χ1n) is 11.8. The molecular weight excluding hydrogens is 334 g/mol. The zero-order valence-corrected chi connectivity index (χ0v) is 19.7. The predicted molar refractivity (Wildman–Crippen MR) is 126 cm³/mol. The molecule has 158 valence electrons. The molecule has 2 heteroatoms. The maximum Gasteiger partial charge on any atom is 0.00893 e. The van der Waals surface area contributed by atoms with Crippen LogP contribution in [0.2, 0.25) is 0 Å². The molecule has 0 bridgehead atoms. The lowest BCUT2D eigenvalue weighted by molar-refractivity contribution is 0.426. The normalized spacial score (nSPS) is 10.7. The van der Waals surface area contributed by atoms with E-state index in [1.807, 2.05) is 19.9 Å². The van der Waals surface area contributed by atoms with Gasteiger partial charge in [0, 0.05) is 18.8 Å². The van der Waals surface area contributed by atoms with Crippen molar-refractivity contribution in [2.75, 3.05) is 18.8 Å². The summed E-state index contributed by atoms with van der Waals surface area (Å²) in [6.45, 7) is 15.0. The highest BCUT2D eigenvalue weighted by atomic mass is 32.2. The zero-order chi connectivity index (χ0) is 19.7. The summed E-state index contributed by atoms with van der Waals surface area (Å²) < 4.78 is 2.68. The van der Waals surface area contributed by atoms with Crippen LogP contribution in [-0.2, 0) is 0 Å². The first kappa shape index (κ1) is 28.3. The van der Waals surface area contributed by atoms with Crippen LogP contribution in [0.15, 0.2) is 12.7 Å². The molecular formula is C24H51NS. The largest absolute Gasteiger partial charge is 0.251 e. The third kappa shape index (κ3) is 24.1. The highest BCUT2D eigenvalue weighted by Crippen LogP contribution is 2.17. The van der Waals surface area contributed by atoms with E-state index in [-0.39, 0.29) is 0 Å². The average Bonchev–Trinajstić information content (AvgIpc) is 2.68. The molecule has 0 aliphatic carbocycles. The first-order valence-corrected chi connectivity index (χ1v) is 12.8. The Bertz CT molecular complexity index is 242. The van der Waals surface area contributed by atoms with Gasteiger partial charge in [-0.25, -0.2) is 0 Å². The summed E-state index contributed by atoms with van der Waals surface area (Å²) >= 11 is 2.12. The average molecular weight is 386 g/mol. The van der Waals surface area contributed by atoms with Crippen molar-refractivity contribution < 1.29 is 0 Å². The number of rotatable bonds is 20. The van der Waals surface area contributed by atoms with Crippen molar-refractivity contribution in [3.05, 3.63) is 12.7 Å². The molecule has 0 aliphatic heterocycles. The van der Waals surface area contributed by atoms with E-state index >= 15 is 0 Å². The summed E-state index contributed by atoms with van der Waals surface area (Å²) in [6.07, 6.45) is 22.7. The topological polar surface area (TPSA) is 3.24 Å². The Hall–Kier alpha value is 0.0500. The van der Waals surface area contributed by atoms with E-state index in [4.69, 9.17) is 0 Å². The van der Waals surface area contributed by atoms with Crippen molar-refractivity contribution in [2.24, 2.45) is 0 Å². The van der Waals surface area contributed by atoms with Gasteiger partial charge in [-0.1, -0.05) is 110 Å². The van der Waals surface area contributed by atoms with Gasteiger partial charge in [-0.05, 0) is 32.1 Å². The Labute approximate surface area is 171 Å². The minimum Gasteiger partial charge on any atom is -0.251 e. The molecule has 0 aliphatic rings. The second-order valence-electron chi connectivity index (χ2n) is 7.08. The lowest BCUT2D eigenvalue weighted by Gasteiger charge is -2.21. The first-order chi connectivity index (χ1) is 12.8. The van der Waals surface area contributed by atoms with Crippen LogP contribution in [0, 0.1) is 0 Å². The van der Waals surface area contributed by atoms with Crippen molar-refractivity contribution in [2.45, 2.75) is 124 Å². The van der Waals surface area contributed by atoms with Crippen molar-refractivity contribution in [1.29, 1.82) is 0 Å². The molecule has 1 nitrogen and oxygen atoms in total. The number of unbranched alkanes of at least 4 members (excludes halogenated alkanes) is 12. The molecule has 0 radical (unpaired) electrons. The summed E-state index contributed by atoms with van der Waals surface area (Å²) in [5.41, 5.74) is 0. The molecule has 0 heterocycles. The van der Waals surface area contributed by atoms with Gasteiger partial charge >= 0.3 is 0 Å². The molecule has 0 aromatic carbocycles. The number of hydrogen-bond donors (Lipinski definition) is 0. The van der Waals surface area contributed by atoms with Gasteiger partial charge in [0.15, 0.2) is 0 Å². The monoisotopic (exact) mass is 385 g/mol. The highest BCUT2D eigenvalue weighted by molar-refractivity contribution is 7.97. The fraction of sp³-hybridized carbons (Fsp3) is 0.917. The molecule has 0 N–H and O–H groups in total. The Morgan fingerprint density at radius 1 is 0.654 bits per heavy atom. The SMILES string of the molecule is C=CCCCCCCSN(CCCCCC)CCCCCCCC.CC. The lowest BCUT2D eigenvalue weighted by Crippen LogP contribution is -2.19. The maximum absolute atomic E-state index is 3.80. The summed E-state index contributed by atoms with van der Waals surface area (Å²) in [4.78, 5) is 0. The fourth-order valence-electron chi connectivity index (χ4n) is 2.96. The molecule has 26 heavy (non-hydrogen) atoms. The standard InChI is InChI=1S/C22H45NS.C2H6/c1-4-7-10-13-15-18-21-23(20-17-12-9-6-3)24-22-19-16-14-11-8-5-2;1-2/h5H,2,4,6-22H2,1,3H3;1-2H3. The van der Waals surface area contributed by atoms with Crippen LogP contribution in [0.1, 0.15) is 124 Å². The molecule has 0 aromatic rings. The summed E-state index contributed by atoms with van der Waals surface area (Å²) in [5, 5.41) is 0. The molecule has 0 unspecified atom stereocenters. The molecule has 0 saturated heterocycles. The summed E-state index contributed by atoms with van der Waals surface area (Å²) in [6, 6.07) is 0. The quantitative estimate of drug-likeness (QED) is 0.117. The van der Waals surface area contributed by atoms with Crippen LogP contribution in [-0.4, -0.2) is 23.1 Å². The Morgan fingerprint density at radius 3 is 1.69 bits per heavy atom. The van der Waals surface area contributed by atoms with Crippen molar-refractivity contribution in [1.82, 2.24) is 4.31 Å². The van der Waals surface area contributed by atoms with E-state index in [1.165, 1.54) is 115 Å². The second kappa shape index (κ2) is 27.3. The molecule has 0 atom stereocenters. The van der Waals surface area contributed by atoms with Crippen LogP contribution < -0.4 is 0 Å². The van der Waals surface area contributed by atoms with Crippen molar-refractivity contribution in [3.63, 3.8) is 0 Å². The zero-order valence-electron chi connectivity index (χ0n) is 18.9. The van der Waals surface area contributed by atoms with Gasteiger partial charge in [-0.15, -0.1) is 6.58 Å². The Kier molecular flexibility index (Phi) is 29.6. The lowest BCUT2D eigenvalue weighted by atomic mass is 10.1. The number of hydrogen-bond acceptors (Lipinski definition) is 2.